The van der Waals surface area contributed by atoms with Gasteiger partial charge in [-0.3, -0.25) is 4.98 Å². The Bertz CT molecular complexity index is 570. The number of unbranched alkanes of at least 4 members (excludes halogenated alkanes) is 4. The van der Waals surface area contributed by atoms with E-state index >= 15 is 0 Å². The predicted octanol–water partition coefficient (Wildman–Crippen LogP) is 4.58. The minimum Gasteiger partial charge on any atom is -0.396 e. The molecule has 1 unspecified atom stereocenters. The molecule has 4 heteroatoms. The van der Waals surface area contributed by atoms with Crippen molar-refractivity contribution in [1.82, 2.24) is 4.98 Å². The maximum Gasteiger partial charge on any atom is 0.126 e. The van der Waals surface area contributed by atoms with Crippen molar-refractivity contribution < 1.29 is 14.9 Å². The maximum absolute atomic E-state index is 10.1. The van der Waals surface area contributed by atoms with Gasteiger partial charge in [-0.15, -0.1) is 0 Å². The number of ether oxygens (including phenoxy) is 1. The fourth-order valence-corrected chi connectivity index (χ4v) is 2.95. The quantitative estimate of drug-likeness (QED) is 0.307. The monoisotopic (exact) mass is 359 g/mol. The molecule has 0 saturated carbocycles. The third-order valence-electron chi connectivity index (χ3n) is 4.57. The van der Waals surface area contributed by atoms with Gasteiger partial charge in [-0.2, -0.15) is 0 Å². The minimum atomic E-state index is -0.480. The second-order valence-corrected chi connectivity index (χ2v) is 6.93. The Morgan fingerprint density at radius 2 is 2.08 bits per heavy atom. The van der Waals surface area contributed by atoms with Gasteiger partial charge in [-0.25, -0.2) is 0 Å². The molecule has 144 valence electrons. The van der Waals surface area contributed by atoms with E-state index in [1.165, 1.54) is 19.3 Å². The number of aliphatic hydroxyl groups excluding tert-OH is 2. The molecule has 2 rings (SSSR count). The molecule has 0 bridgehead atoms. The summed E-state index contributed by atoms with van der Waals surface area (Å²) in [6.45, 7) is 2.44. The molecule has 0 amide bonds. The van der Waals surface area contributed by atoms with Crippen LogP contribution in [0.15, 0.2) is 36.4 Å². The van der Waals surface area contributed by atoms with E-state index in [-0.39, 0.29) is 18.8 Å². The summed E-state index contributed by atoms with van der Waals surface area (Å²) in [4.78, 5) is 4.63. The molecular weight excluding hydrogens is 326 g/mol. The number of pyridine rings is 1. The van der Waals surface area contributed by atoms with Crippen molar-refractivity contribution in [2.75, 3.05) is 6.61 Å². The van der Waals surface area contributed by atoms with Crippen molar-refractivity contribution in [3.05, 3.63) is 47.8 Å². The Kier molecular flexibility index (Phi) is 9.61. The van der Waals surface area contributed by atoms with Gasteiger partial charge in [0, 0.05) is 6.61 Å². The molecule has 1 saturated heterocycles. The molecule has 2 heterocycles. The average Bonchev–Trinajstić information content (AvgIpc) is 3.43. The fraction of sp³-hybridized carbons (Fsp3) is 0.591. The fourth-order valence-electron chi connectivity index (χ4n) is 2.95. The Morgan fingerprint density at radius 1 is 1.19 bits per heavy atom. The second-order valence-electron chi connectivity index (χ2n) is 6.93. The Balaban J connectivity index is 1.74. The molecular formula is C22H33NO3. The minimum absolute atomic E-state index is 0.0815. The summed E-state index contributed by atoms with van der Waals surface area (Å²) < 4.78 is 5.70. The lowest BCUT2D eigenvalue weighted by molar-refractivity contribution is 0.227. The van der Waals surface area contributed by atoms with Crippen LogP contribution < -0.4 is 0 Å². The summed E-state index contributed by atoms with van der Waals surface area (Å²) in [5, 5.41) is 18.9. The molecule has 2 N–H and O–H groups in total. The molecule has 1 aromatic heterocycles. The molecule has 4 nitrogen and oxygen atoms in total. The molecule has 0 aromatic carbocycles. The van der Waals surface area contributed by atoms with E-state index in [1.807, 2.05) is 24.3 Å². The van der Waals surface area contributed by atoms with Gasteiger partial charge in [-0.05, 0) is 56.7 Å². The number of aromatic nitrogens is 1. The first kappa shape index (κ1) is 20.8. The van der Waals surface area contributed by atoms with Gasteiger partial charge in [0.2, 0.25) is 0 Å². The molecule has 1 aromatic rings. The number of rotatable bonds is 13. The first-order valence-electron chi connectivity index (χ1n) is 9.99. The van der Waals surface area contributed by atoms with E-state index in [9.17, 15) is 5.11 Å². The number of aliphatic hydroxyl groups is 2. The smallest absolute Gasteiger partial charge is 0.126 e. The number of hydrogen-bond donors (Lipinski definition) is 2. The summed E-state index contributed by atoms with van der Waals surface area (Å²) in [5.74, 6) is 0. The van der Waals surface area contributed by atoms with Crippen LogP contribution in [0.25, 0.3) is 6.08 Å². The van der Waals surface area contributed by atoms with Crippen LogP contribution in [-0.4, -0.2) is 34.0 Å². The van der Waals surface area contributed by atoms with Crippen LogP contribution in [0.3, 0.4) is 0 Å². The maximum atomic E-state index is 10.1. The standard InChI is InChI=1S/C22H33NO3/c1-2-3-4-5-6-7-12-19(25)16-15-18-11-10-13-20(23-18)22-21(26-22)14-8-9-17-24/h6-7,10-11,13,15-16,19,21-22,24-25H,2-5,8-9,12,14,17H2,1H3/b7-6-,16-15+/t19?,21-,22+/m0/s1. The summed E-state index contributed by atoms with van der Waals surface area (Å²) in [6.07, 6.45) is 16.0. The second kappa shape index (κ2) is 12.0. The molecule has 0 spiro atoms. The third kappa shape index (κ3) is 7.81. The Morgan fingerprint density at radius 3 is 2.88 bits per heavy atom. The van der Waals surface area contributed by atoms with E-state index in [0.717, 1.165) is 37.1 Å². The lowest BCUT2D eigenvalue weighted by Crippen LogP contribution is -2.00. The highest BCUT2D eigenvalue weighted by Crippen LogP contribution is 2.40. The van der Waals surface area contributed by atoms with Crippen LogP contribution in [0.5, 0.6) is 0 Å². The first-order chi connectivity index (χ1) is 12.7. The first-order valence-corrected chi connectivity index (χ1v) is 9.99. The van der Waals surface area contributed by atoms with Crippen LogP contribution in [0.1, 0.15) is 75.8 Å². The normalized spacial score (nSPS) is 20.9. The van der Waals surface area contributed by atoms with Crippen molar-refractivity contribution in [2.24, 2.45) is 0 Å². The number of nitrogens with zero attached hydrogens (tertiary/aromatic N) is 1. The van der Waals surface area contributed by atoms with Gasteiger partial charge >= 0.3 is 0 Å². The zero-order valence-electron chi connectivity index (χ0n) is 15.9. The van der Waals surface area contributed by atoms with Gasteiger partial charge in [0.25, 0.3) is 0 Å². The predicted molar refractivity (Wildman–Crippen MR) is 106 cm³/mol. The van der Waals surface area contributed by atoms with Crippen LogP contribution in [0.4, 0.5) is 0 Å². The highest BCUT2D eigenvalue weighted by atomic mass is 16.6. The SMILES string of the molecule is CCCCC/C=C\CC(O)/C=C/c1cccc([C@H]2O[C@H]2CCCCO)n1. The number of allylic oxidation sites excluding steroid dienone is 1. The van der Waals surface area contributed by atoms with Gasteiger partial charge in [0.15, 0.2) is 0 Å². The molecule has 0 aliphatic carbocycles. The van der Waals surface area contributed by atoms with Crippen molar-refractivity contribution >= 4 is 6.08 Å². The van der Waals surface area contributed by atoms with E-state index in [0.29, 0.717) is 6.42 Å². The summed E-state index contributed by atoms with van der Waals surface area (Å²) in [7, 11) is 0. The lowest BCUT2D eigenvalue weighted by Gasteiger charge is -2.02. The molecule has 3 atom stereocenters. The zero-order chi connectivity index (χ0) is 18.6. The summed E-state index contributed by atoms with van der Waals surface area (Å²) in [5.41, 5.74) is 1.80. The average molecular weight is 360 g/mol. The van der Waals surface area contributed by atoms with Gasteiger partial charge in [-0.1, -0.05) is 44.1 Å². The van der Waals surface area contributed by atoms with E-state index < -0.39 is 6.10 Å². The summed E-state index contributed by atoms with van der Waals surface area (Å²) >= 11 is 0. The van der Waals surface area contributed by atoms with Crippen LogP contribution in [0, 0.1) is 0 Å². The number of hydrogen-bond acceptors (Lipinski definition) is 4. The molecule has 1 aliphatic rings. The van der Waals surface area contributed by atoms with E-state index in [4.69, 9.17) is 9.84 Å². The van der Waals surface area contributed by atoms with E-state index in [1.54, 1.807) is 6.08 Å². The van der Waals surface area contributed by atoms with Crippen molar-refractivity contribution in [3.8, 4) is 0 Å². The Hall–Kier alpha value is -1.49. The largest absolute Gasteiger partial charge is 0.396 e. The molecule has 0 radical (unpaired) electrons. The van der Waals surface area contributed by atoms with Crippen molar-refractivity contribution in [2.45, 2.75) is 76.6 Å². The highest BCUT2D eigenvalue weighted by molar-refractivity contribution is 5.45. The topological polar surface area (TPSA) is 65.9 Å². The summed E-state index contributed by atoms with van der Waals surface area (Å²) in [6, 6.07) is 5.91. The van der Waals surface area contributed by atoms with Crippen molar-refractivity contribution in [3.63, 3.8) is 0 Å². The van der Waals surface area contributed by atoms with Crippen molar-refractivity contribution in [1.29, 1.82) is 0 Å². The molecule has 26 heavy (non-hydrogen) atoms. The molecule has 1 aliphatic heterocycles. The Labute approximate surface area is 157 Å². The van der Waals surface area contributed by atoms with Crippen LogP contribution in [-0.2, 0) is 4.74 Å². The van der Waals surface area contributed by atoms with Gasteiger partial charge in [0.1, 0.15) is 6.10 Å². The number of epoxide rings is 1. The van der Waals surface area contributed by atoms with Gasteiger partial charge < -0.3 is 14.9 Å². The van der Waals surface area contributed by atoms with Crippen LogP contribution >= 0.6 is 0 Å². The van der Waals surface area contributed by atoms with Gasteiger partial charge in [0.05, 0.1) is 23.6 Å². The zero-order valence-corrected chi connectivity index (χ0v) is 15.9. The van der Waals surface area contributed by atoms with Crippen LogP contribution in [0.2, 0.25) is 0 Å². The van der Waals surface area contributed by atoms with E-state index in [2.05, 4.69) is 24.1 Å². The molecule has 1 fully saturated rings. The highest BCUT2D eigenvalue weighted by Gasteiger charge is 2.40. The third-order valence-corrected chi connectivity index (χ3v) is 4.57. The lowest BCUT2D eigenvalue weighted by atomic mass is 10.1.